The summed E-state index contributed by atoms with van der Waals surface area (Å²) in [5.41, 5.74) is 1.70. The number of nitrogens with one attached hydrogen (secondary N) is 1. The first kappa shape index (κ1) is 24.1. The number of nitrogens with zero attached hydrogens (tertiary/aromatic N) is 3. The zero-order valence-electron chi connectivity index (χ0n) is 20.4. The van der Waals surface area contributed by atoms with Crippen LogP contribution in [0.3, 0.4) is 0 Å². The van der Waals surface area contributed by atoms with E-state index in [0.717, 1.165) is 5.56 Å². The van der Waals surface area contributed by atoms with Crippen LogP contribution in [0.15, 0.2) is 48.8 Å². The van der Waals surface area contributed by atoms with Crippen LogP contribution < -0.4 is 29.2 Å². The Kier molecular flexibility index (Phi) is 7.54. The highest BCUT2D eigenvalue weighted by atomic mass is 16.5. The lowest BCUT2D eigenvalue weighted by atomic mass is 9.95. The summed E-state index contributed by atoms with van der Waals surface area (Å²) in [7, 11) is 4.63. The first-order valence-electron chi connectivity index (χ1n) is 11.4. The van der Waals surface area contributed by atoms with E-state index in [1.54, 1.807) is 45.9 Å². The number of hydrogen-bond acceptors (Lipinski definition) is 8. The molecule has 1 aromatic heterocycles. The second-order valence-corrected chi connectivity index (χ2v) is 8.27. The van der Waals surface area contributed by atoms with Gasteiger partial charge in [-0.3, -0.25) is 4.79 Å². The molecule has 3 aromatic rings. The molecule has 184 valence electrons. The monoisotopic (exact) mass is 478 g/mol. The van der Waals surface area contributed by atoms with Crippen molar-refractivity contribution in [3.05, 3.63) is 54.4 Å². The molecule has 1 fully saturated rings. The maximum Gasteiger partial charge on any atom is 0.263 e. The van der Waals surface area contributed by atoms with Crippen LogP contribution in [0, 0.1) is 12.8 Å². The number of benzene rings is 2. The highest BCUT2D eigenvalue weighted by Crippen LogP contribution is 2.40. The fourth-order valence-corrected chi connectivity index (χ4v) is 4.15. The Labute approximate surface area is 205 Å². The SMILES string of the molecule is COc1cc(NC(=O)C2CCN(c3nccnc3Oc3cccc(C)c3)CC2)cc(OC)c1OC. The number of methoxy groups -OCH3 is 3. The largest absolute Gasteiger partial charge is 0.493 e. The number of hydrogen-bond donors (Lipinski definition) is 1. The second kappa shape index (κ2) is 10.9. The fourth-order valence-electron chi connectivity index (χ4n) is 4.15. The van der Waals surface area contributed by atoms with Crippen LogP contribution in [0.4, 0.5) is 11.5 Å². The van der Waals surface area contributed by atoms with Crippen LogP contribution in [0.2, 0.25) is 0 Å². The second-order valence-electron chi connectivity index (χ2n) is 8.27. The standard InChI is InChI=1S/C26H30N4O5/c1-17-6-5-7-20(14-17)35-26-24(27-10-11-28-26)30-12-8-18(9-13-30)25(31)29-19-15-21(32-2)23(34-4)22(16-19)33-3/h5-7,10-11,14-16,18H,8-9,12-13H2,1-4H3,(H,29,31). The van der Waals surface area contributed by atoms with Crippen LogP contribution in [0.25, 0.3) is 0 Å². The van der Waals surface area contributed by atoms with E-state index in [1.807, 2.05) is 31.2 Å². The Balaban J connectivity index is 1.41. The van der Waals surface area contributed by atoms with Gasteiger partial charge < -0.3 is 29.2 Å². The zero-order chi connectivity index (χ0) is 24.8. The minimum absolute atomic E-state index is 0.0469. The molecule has 1 aliphatic rings. The molecule has 0 bridgehead atoms. The highest BCUT2D eigenvalue weighted by molar-refractivity contribution is 5.93. The number of carbonyl (C=O) groups is 1. The zero-order valence-corrected chi connectivity index (χ0v) is 20.4. The van der Waals surface area contributed by atoms with Gasteiger partial charge in [-0.2, -0.15) is 0 Å². The van der Waals surface area contributed by atoms with Gasteiger partial charge in [0.05, 0.1) is 21.3 Å². The molecule has 4 rings (SSSR count). The molecular weight excluding hydrogens is 448 g/mol. The topological polar surface area (TPSA) is 95.0 Å². The average Bonchev–Trinajstić information content (AvgIpc) is 2.88. The first-order valence-corrected chi connectivity index (χ1v) is 11.4. The van der Waals surface area contributed by atoms with Gasteiger partial charge in [0.15, 0.2) is 17.3 Å². The normalized spacial score (nSPS) is 13.8. The third kappa shape index (κ3) is 5.56. The summed E-state index contributed by atoms with van der Waals surface area (Å²) in [6.45, 7) is 3.34. The lowest BCUT2D eigenvalue weighted by Crippen LogP contribution is -2.38. The number of anilines is 2. The minimum Gasteiger partial charge on any atom is -0.493 e. The van der Waals surface area contributed by atoms with E-state index >= 15 is 0 Å². The molecule has 2 aromatic carbocycles. The predicted molar refractivity (Wildman–Crippen MR) is 133 cm³/mol. The van der Waals surface area contributed by atoms with Gasteiger partial charge in [-0.05, 0) is 37.5 Å². The molecule has 2 heterocycles. The highest BCUT2D eigenvalue weighted by Gasteiger charge is 2.28. The van der Waals surface area contributed by atoms with Crippen molar-refractivity contribution >= 4 is 17.4 Å². The third-order valence-electron chi connectivity index (χ3n) is 5.95. The lowest BCUT2D eigenvalue weighted by molar-refractivity contribution is -0.120. The van der Waals surface area contributed by atoms with Crippen molar-refractivity contribution in [3.63, 3.8) is 0 Å². The maximum absolute atomic E-state index is 13.0. The summed E-state index contributed by atoms with van der Waals surface area (Å²) in [6.07, 6.45) is 4.63. The van der Waals surface area contributed by atoms with Crippen molar-refractivity contribution < 1.29 is 23.7 Å². The quantitative estimate of drug-likeness (QED) is 0.507. The Bertz CT molecular complexity index is 1150. The molecule has 0 unspecified atom stereocenters. The van der Waals surface area contributed by atoms with E-state index in [0.29, 0.717) is 66.3 Å². The van der Waals surface area contributed by atoms with Gasteiger partial charge in [0, 0.05) is 49.2 Å². The van der Waals surface area contributed by atoms with Crippen LogP contribution >= 0.6 is 0 Å². The van der Waals surface area contributed by atoms with Crippen molar-refractivity contribution in [1.82, 2.24) is 9.97 Å². The summed E-state index contributed by atoms with van der Waals surface area (Å²) in [6, 6.07) is 11.3. The van der Waals surface area contributed by atoms with Crippen molar-refractivity contribution in [1.29, 1.82) is 0 Å². The Morgan fingerprint density at radius 3 is 2.29 bits per heavy atom. The van der Waals surface area contributed by atoms with Gasteiger partial charge in [0.2, 0.25) is 11.7 Å². The molecule has 1 amide bonds. The lowest BCUT2D eigenvalue weighted by Gasteiger charge is -2.32. The van der Waals surface area contributed by atoms with Gasteiger partial charge in [-0.1, -0.05) is 12.1 Å². The molecule has 0 aliphatic carbocycles. The summed E-state index contributed by atoms with van der Waals surface area (Å²) < 4.78 is 22.1. The molecule has 0 saturated carbocycles. The van der Waals surface area contributed by atoms with E-state index in [9.17, 15) is 4.79 Å². The molecule has 9 nitrogen and oxygen atoms in total. The number of aromatic nitrogens is 2. The van der Waals surface area contributed by atoms with Gasteiger partial charge in [0.1, 0.15) is 5.75 Å². The molecule has 1 saturated heterocycles. The number of piperidine rings is 1. The number of amides is 1. The number of ether oxygens (including phenoxy) is 4. The van der Waals surface area contributed by atoms with Crippen LogP contribution in [-0.2, 0) is 4.79 Å². The van der Waals surface area contributed by atoms with E-state index < -0.39 is 0 Å². The van der Waals surface area contributed by atoms with Crippen molar-refractivity contribution in [2.75, 3.05) is 44.6 Å². The molecule has 0 radical (unpaired) electrons. The van der Waals surface area contributed by atoms with Crippen molar-refractivity contribution in [2.45, 2.75) is 19.8 Å². The van der Waals surface area contributed by atoms with Crippen molar-refractivity contribution in [3.8, 4) is 28.9 Å². The molecule has 1 N–H and O–H groups in total. The van der Waals surface area contributed by atoms with E-state index in [-0.39, 0.29) is 11.8 Å². The van der Waals surface area contributed by atoms with Gasteiger partial charge in [-0.25, -0.2) is 9.97 Å². The molecule has 35 heavy (non-hydrogen) atoms. The average molecular weight is 479 g/mol. The number of aryl methyl sites for hydroxylation is 1. The Hall–Kier alpha value is -4.01. The molecule has 0 atom stereocenters. The van der Waals surface area contributed by atoms with Gasteiger partial charge >= 0.3 is 0 Å². The third-order valence-corrected chi connectivity index (χ3v) is 5.95. The summed E-state index contributed by atoms with van der Waals surface area (Å²) in [4.78, 5) is 24.0. The summed E-state index contributed by atoms with van der Waals surface area (Å²) >= 11 is 0. The molecule has 0 spiro atoms. The van der Waals surface area contributed by atoms with Crippen LogP contribution in [0.1, 0.15) is 18.4 Å². The first-order chi connectivity index (χ1) is 17.0. The van der Waals surface area contributed by atoms with Gasteiger partial charge in [0.25, 0.3) is 5.88 Å². The molecule has 1 aliphatic heterocycles. The number of carbonyl (C=O) groups excluding carboxylic acids is 1. The van der Waals surface area contributed by atoms with Crippen molar-refractivity contribution in [2.24, 2.45) is 5.92 Å². The van der Waals surface area contributed by atoms with E-state index in [1.165, 1.54) is 0 Å². The van der Waals surface area contributed by atoms with E-state index in [4.69, 9.17) is 18.9 Å². The number of rotatable bonds is 8. The maximum atomic E-state index is 13.0. The smallest absolute Gasteiger partial charge is 0.263 e. The summed E-state index contributed by atoms with van der Waals surface area (Å²) in [5, 5.41) is 2.99. The van der Waals surface area contributed by atoms with Crippen LogP contribution in [0.5, 0.6) is 28.9 Å². The predicted octanol–water partition coefficient (Wildman–Crippen LogP) is 4.46. The Morgan fingerprint density at radius 2 is 1.66 bits per heavy atom. The fraction of sp³-hybridized carbons (Fsp3) is 0.346. The van der Waals surface area contributed by atoms with E-state index in [2.05, 4.69) is 20.2 Å². The Morgan fingerprint density at radius 1 is 0.971 bits per heavy atom. The van der Waals surface area contributed by atoms with Crippen LogP contribution in [-0.4, -0.2) is 50.3 Å². The summed E-state index contributed by atoms with van der Waals surface area (Å²) in [5.74, 6) is 3.12. The molecule has 9 heteroatoms. The molecular formula is C26H30N4O5. The van der Waals surface area contributed by atoms with Gasteiger partial charge in [-0.15, -0.1) is 0 Å². The minimum atomic E-state index is -0.136.